The first kappa shape index (κ1) is 10.7. The Balaban J connectivity index is 2.45. The third-order valence-electron chi connectivity index (χ3n) is 2.44. The predicted molar refractivity (Wildman–Crippen MR) is 67.1 cm³/mol. The smallest absolute Gasteiger partial charge is 0.0850 e. The highest BCUT2D eigenvalue weighted by Crippen LogP contribution is 2.19. The van der Waals surface area contributed by atoms with Crippen molar-refractivity contribution in [3.63, 3.8) is 0 Å². The van der Waals surface area contributed by atoms with Crippen LogP contribution in [0.1, 0.15) is 18.2 Å². The van der Waals surface area contributed by atoms with E-state index in [9.17, 15) is 0 Å². The molecule has 82 valence electrons. The number of rotatable bonds is 3. The van der Waals surface area contributed by atoms with Crippen molar-refractivity contribution in [1.29, 1.82) is 0 Å². The molecule has 2 aromatic rings. The van der Waals surface area contributed by atoms with Gasteiger partial charge in [0.25, 0.3) is 0 Å². The number of ether oxygens (including phenoxy) is 1. The second-order valence-corrected chi connectivity index (χ2v) is 3.68. The van der Waals surface area contributed by atoms with Crippen LogP contribution in [0.15, 0.2) is 36.7 Å². The SMILES string of the molecule is CCO/C=C/c1nccc2cc(C)ccc12. The fourth-order valence-corrected chi connectivity index (χ4v) is 1.66. The Kier molecular flexibility index (Phi) is 3.20. The Hall–Kier alpha value is -1.83. The number of aromatic nitrogens is 1. The van der Waals surface area contributed by atoms with Gasteiger partial charge in [0, 0.05) is 11.6 Å². The van der Waals surface area contributed by atoms with Crippen molar-refractivity contribution < 1.29 is 4.74 Å². The summed E-state index contributed by atoms with van der Waals surface area (Å²) in [6.07, 6.45) is 5.43. The average molecular weight is 213 g/mol. The zero-order valence-electron chi connectivity index (χ0n) is 9.60. The summed E-state index contributed by atoms with van der Waals surface area (Å²) in [4.78, 5) is 4.34. The van der Waals surface area contributed by atoms with Crippen LogP contribution in [0.2, 0.25) is 0 Å². The fourth-order valence-electron chi connectivity index (χ4n) is 1.66. The molecule has 0 atom stereocenters. The van der Waals surface area contributed by atoms with E-state index in [1.165, 1.54) is 10.9 Å². The molecule has 0 bridgehead atoms. The lowest BCUT2D eigenvalue weighted by Gasteiger charge is -2.02. The minimum absolute atomic E-state index is 0.681. The zero-order valence-corrected chi connectivity index (χ0v) is 9.60. The summed E-state index contributed by atoms with van der Waals surface area (Å²) in [7, 11) is 0. The lowest BCUT2D eigenvalue weighted by atomic mass is 10.1. The van der Waals surface area contributed by atoms with Crippen LogP contribution < -0.4 is 0 Å². The van der Waals surface area contributed by atoms with Crippen LogP contribution in [0, 0.1) is 6.92 Å². The second kappa shape index (κ2) is 4.79. The van der Waals surface area contributed by atoms with Gasteiger partial charge in [0.05, 0.1) is 18.6 Å². The highest BCUT2D eigenvalue weighted by molar-refractivity contribution is 5.89. The van der Waals surface area contributed by atoms with Gasteiger partial charge in [-0.3, -0.25) is 4.98 Å². The largest absolute Gasteiger partial charge is 0.501 e. The number of benzene rings is 1. The molecule has 0 saturated heterocycles. The lowest BCUT2D eigenvalue weighted by molar-refractivity contribution is 0.272. The van der Waals surface area contributed by atoms with Crippen molar-refractivity contribution in [1.82, 2.24) is 4.98 Å². The van der Waals surface area contributed by atoms with E-state index >= 15 is 0 Å². The zero-order chi connectivity index (χ0) is 11.4. The summed E-state index contributed by atoms with van der Waals surface area (Å²) in [5.41, 5.74) is 2.21. The number of fused-ring (bicyclic) bond motifs is 1. The monoisotopic (exact) mass is 213 g/mol. The van der Waals surface area contributed by atoms with E-state index in [1.807, 2.05) is 25.3 Å². The molecule has 16 heavy (non-hydrogen) atoms. The van der Waals surface area contributed by atoms with Crippen LogP contribution in [0.5, 0.6) is 0 Å². The Labute approximate surface area is 95.6 Å². The molecule has 0 aliphatic carbocycles. The van der Waals surface area contributed by atoms with Crippen molar-refractivity contribution in [3.05, 3.63) is 48.0 Å². The van der Waals surface area contributed by atoms with Crippen molar-refractivity contribution in [2.45, 2.75) is 13.8 Å². The minimum atomic E-state index is 0.681. The quantitative estimate of drug-likeness (QED) is 0.727. The van der Waals surface area contributed by atoms with Crippen molar-refractivity contribution in [2.75, 3.05) is 6.61 Å². The molecule has 1 aromatic carbocycles. The van der Waals surface area contributed by atoms with E-state index in [0.29, 0.717) is 6.61 Å². The minimum Gasteiger partial charge on any atom is -0.501 e. The molecule has 0 spiro atoms. The van der Waals surface area contributed by atoms with Crippen LogP contribution >= 0.6 is 0 Å². The molecule has 2 heteroatoms. The van der Waals surface area contributed by atoms with Crippen LogP contribution in [-0.4, -0.2) is 11.6 Å². The van der Waals surface area contributed by atoms with E-state index in [-0.39, 0.29) is 0 Å². The lowest BCUT2D eigenvalue weighted by Crippen LogP contribution is -1.85. The molecule has 2 rings (SSSR count). The average Bonchev–Trinajstić information content (AvgIpc) is 2.29. The molecule has 2 nitrogen and oxygen atoms in total. The molecule has 0 N–H and O–H groups in total. The van der Waals surface area contributed by atoms with Gasteiger partial charge < -0.3 is 4.74 Å². The summed E-state index contributed by atoms with van der Waals surface area (Å²) in [5, 5.41) is 2.37. The van der Waals surface area contributed by atoms with E-state index in [2.05, 4.69) is 30.1 Å². The van der Waals surface area contributed by atoms with Gasteiger partial charge in [-0.1, -0.05) is 23.8 Å². The molecule has 0 radical (unpaired) electrons. The Morgan fingerprint density at radius 1 is 1.31 bits per heavy atom. The van der Waals surface area contributed by atoms with Crippen molar-refractivity contribution in [3.8, 4) is 0 Å². The standard InChI is InChI=1S/C14H15NO/c1-3-16-9-7-14-13-5-4-11(2)10-12(13)6-8-15-14/h4-10H,3H2,1-2H3/b9-7+. The molecule has 1 aromatic heterocycles. The first-order chi connectivity index (χ1) is 7.81. The molecule has 0 unspecified atom stereocenters. The highest BCUT2D eigenvalue weighted by atomic mass is 16.5. The number of hydrogen-bond acceptors (Lipinski definition) is 2. The highest BCUT2D eigenvalue weighted by Gasteiger charge is 1.98. The van der Waals surface area contributed by atoms with Crippen molar-refractivity contribution in [2.24, 2.45) is 0 Å². The van der Waals surface area contributed by atoms with Crippen LogP contribution in [0.3, 0.4) is 0 Å². The number of nitrogens with zero attached hydrogens (tertiary/aromatic N) is 1. The summed E-state index contributed by atoms with van der Waals surface area (Å²) < 4.78 is 5.19. The second-order valence-electron chi connectivity index (χ2n) is 3.68. The van der Waals surface area contributed by atoms with Crippen LogP contribution in [0.4, 0.5) is 0 Å². The topological polar surface area (TPSA) is 22.1 Å². The summed E-state index contributed by atoms with van der Waals surface area (Å²) >= 11 is 0. The van der Waals surface area contributed by atoms with Gasteiger partial charge in [-0.05, 0) is 31.4 Å². The normalized spacial score (nSPS) is 11.1. The number of aryl methyl sites for hydroxylation is 1. The first-order valence-corrected chi connectivity index (χ1v) is 5.45. The van der Waals surface area contributed by atoms with E-state index < -0.39 is 0 Å². The van der Waals surface area contributed by atoms with Gasteiger partial charge in [-0.25, -0.2) is 0 Å². The maximum Gasteiger partial charge on any atom is 0.0850 e. The van der Waals surface area contributed by atoms with E-state index in [0.717, 1.165) is 11.1 Å². The predicted octanol–water partition coefficient (Wildman–Crippen LogP) is 3.55. The summed E-state index contributed by atoms with van der Waals surface area (Å²) in [6, 6.07) is 8.39. The van der Waals surface area contributed by atoms with Crippen molar-refractivity contribution >= 4 is 16.8 Å². The molecular formula is C14H15NO. The number of pyridine rings is 1. The van der Waals surface area contributed by atoms with Gasteiger partial charge in [0.2, 0.25) is 0 Å². The molecular weight excluding hydrogens is 198 g/mol. The van der Waals surface area contributed by atoms with Gasteiger partial charge in [-0.15, -0.1) is 0 Å². The molecule has 0 amide bonds. The van der Waals surface area contributed by atoms with Crippen LogP contribution in [-0.2, 0) is 4.74 Å². The molecule has 0 fully saturated rings. The summed E-state index contributed by atoms with van der Waals surface area (Å²) in [5.74, 6) is 0. The van der Waals surface area contributed by atoms with Gasteiger partial charge in [0.15, 0.2) is 0 Å². The Morgan fingerprint density at radius 3 is 3.00 bits per heavy atom. The van der Waals surface area contributed by atoms with Gasteiger partial charge in [0.1, 0.15) is 0 Å². The van der Waals surface area contributed by atoms with E-state index in [4.69, 9.17) is 4.74 Å². The third kappa shape index (κ3) is 2.22. The van der Waals surface area contributed by atoms with Gasteiger partial charge >= 0.3 is 0 Å². The Bertz CT molecular complexity index is 517. The molecule has 1 heterocycles. The third-order valence-corrected chi connectivity index (χ3v) is 2.44. The van der Waals surface area contributed by atoms with Gasteiger partial charge in [-0.2, -0.15) is 0 Å². The first-order valence-electron chi connectivity index (χ1n) is 5.45. The summed E-state index contributed by atoms with van der Waals surface area (Å²) in [6.45, 7) is 4.74. The molecule has 0 aliphatic rings. The maximum absolute atomic E-state index is 5.19. The maximum atomic E-state index is 5.19. The molecule has 0 saturated carbocycles. The molecule has 0 aliphatic heterocycles. The Morgan fingerprint density at radius 2 is 2.19 bits per heavy atom. The van der Waals surface area contributed by atoms with Crippen LogP contribution in [0.25, 0.3) is 16.8 Å². The number of hydrogen-bond donors (Lipinski definition) is 0. The fraction of sp³-hybridized carbons (Fsp3) is 0.214. The van der Waals surface area contributed by atoms with E-state index in [1.54, 1.807) is 6.26 Å².